The van der Waals surface area contributed by atoms with Crippen LogP contribution in [-0.4, -0.2) is 24.1 Å². The largest absolute Gasteiger partial charge is 0.381 e. The number of ether oxygens (including phenoxy) is 1. The van der Waals surface area contributed by atoms with E-state index in [4.69, 9.17) is 4.74 Å². The number of hydrogen-bond acceptors (Lipinski definition) is 3. The van der Waals surface area contributed by atoms with Crippen molar-refractivity contribution >= 4 is 11.6 Å². The van der Waals surface area contributed by atoms with Crippen molar-refractivity contribution in [2.24, 2.45) is 0 Å². The fourth-order valence-corrected chi connectivity index (χ4v) is 0.982. The summed E-state index contributed by atoms with van der Waals surface area (Å²) < 4.78 is 17.5. The zero-order valence-corrected chi connectivity index (χ0v) is 8.50. The van der Waals surface area contributed by atoms with Gasteiger partial charge in [-0.3, -0.25) is 4.79 Å². The topological polar surface area (TPSA) is 51.2 Å². The average molecular weight is 212 g/mol. The van der Waals surface area contributed by atoms with E-state index in [1.807, 2.05) is 6.92 Å². The van der Waals surface area contributed by atoms with Crippen LogP contribution in [0.5, 0.6) is 0 Å². The first-order valence-corrected chi connectivity index (χ1v) is 4.71. The van der Waals surface area contributed by atoms with Gasteiger partial charge in [0.2, 0.25) is 11.9 Å². The lowest BCUT2D eigenvalue weighted by Gasteiger charge is -2.04. The second-order valence-electron chi connectivity index (χ2n) is 2.86. The van der Waals surface area contributed by atoms with Gasteiger partial charge in [-0.25, -0.2) is 4.98 Å². The maximum atomic E-state index is 12.4. The predicted octanol–water partition coefficient (Wildman–Crippen LogP) is 1.59. The normalized spacial score (nSPS) is 10.0. The SMILES string of the molecule is CCOCCC(=O)Nc1ccc(F)nc1. The maximum absolute atomic E-state index is 12.4. The number of pyridine rings is 1. The van der Waals surface area contributed by atoms with Crippen molar-refractivity contribution in [1.82, 2.24) is 4.98 Å². The second-order valence-corrected chi connectivity index (χ2v) is 2.86. The molecule has 15 heavy (non-hydrogen) atoms. The van der Waals surface area contributed by atoms with Gasteiger partial charge in [0.15, 0.2) is 0 Å². The van der Waals surface area contributed by atoms with Crippen molar-refractivity contribution in [3.05, 3.63) is 24.3 Å². The predicted molar refractivity (Wildman–Crippen MR) is 53.9 cm³/mol. The van der Waals surface area contributed by atoms with Gasteiger partial charge >= 0.3 is 0 Å². The van der Waals surface area contributed by atoms with E-state index >= 15 is 0 Å². The molecular formula is C10H13FN2O2. The quantitative estimate of drug-likeness (QED) is 0.595. The molecule has 0 saturated carbocycles. The van der Waals surface area contributed by atoms with E-state index in [1.165, 1.54) is 18.3 Å². The Morgan fingerprint density at radius 3 is 3.00 bits per heavy atom. The molecule has 0 unspecified atom stereocenters. The van der Waals surface area contributed by atoms with E-state index in [2.05, 4.69) is 10.3 Å². The Morgan fingerprint density at radius 1 is 1.60 bits per heavy atom. The van der Waals surface area contributed by atoms with E-state index in [0.29, 0.717) is 18.9 Å². The molecule has 82 valence electrons. The molecule has 5 heteroatoms. The fraction of sp³-hybridized carbons (Fsp3) is 0.400. The first-order valence-electron chi connectivity index (χ1n) is 4.71. The van der Waals surface area contributed by atoms with Crippen LogP contribution in [0, 0.1) is 5.95 Å². The summed E-state index contributed by atoms with van der Waals surface area (Å²) in [5.74, 6) is -0.737. The van der Waals surface area contributed by atoms with Crippen LogP contribution < -0.4 is 5.32 Å². The molecule has 0 saturated heterocycles. The van der Waals surface area contributed by atoms with E-state index in [-0.39, 0.29) is 12.3 Å². The van der Waals surface area contributed by atoms with Crippen LogP contribution in [0.4, 0.5) is 10.1 Å². The zero-order valence-electron chi connectivity index (χ0n) is 8.50. The van der Waals surface area contributed by atoms with Crippen LogP contribution in [0.3, 0.4) is 0 Å². The van der Waals surface area contributed by atoms with E-state index in [9.17, 15) is 9.18 Å². The van der Waals surface area contributed by atoms with Crippen LogP contribution in [0.1, 0.15) is 13.3 Å². The summed E-state index contributed by atoms with van der Waals surface area (Å²) in [6.07, 6.45) is 1.55. The molecule has 0 aromatic carbocycles. The van der Waals surface area contributed by atoms with Crippen LogP contribution >= 0.6 is 0 Å². The van der Waals surface area contributed by atoms with Gasteiger partial charge in [0.25, 0.3) is 0 Å². The van der Waals surface area contributed by atoms with E-state index in [0.717, 1.165) is 0 Å². The van der Waals surface area contributed by atoms with Gasteiger partial charge in [-0.1, -0.05) is 0 Å². The Bertz CT molecular complexity index is 314. The summed E-state index contributed by atoms with van der Waals surface area (Å²) in [6, 6.07) is 2.65. The molecule has 4 nitrogen and oxygen atoms in total. The number of nitrogens with zero attached hydrogens (tertiary/aromatic N) is 1. The molecule has 1 N–H and O–H groups in total. The number of halogens is 1. The molecule has 1 aromatic rings. The van der Waals surface area contributed by atoms with Gasteiger partial charge in [-0.05, 0) is 19.1 Å². The zero-order chi connectivity index (χ0) is 11.1. The molecule has 0 fully saturated rings. The fourth-order valence-electron chi connectivity index (χ4n) is 0.982. The minimum Gasteiger partial charge on any atom is -0.381 e. The Hall–Kier alpha value is -1.49. The molecule has 0 spiro atoms. The van der Waals surface area contributed by atoms with Crippen molar-refractivity contribution in [2.75, 3.05) is 18.5 Å². The summed E-state index contributed by atoms with van der Waals surface area (Å²) in [4.78, 5) is 14.7. The lowest BCUT2D eigenvalue weighted by atomic mass is 10.3. The van der Waals surface area contributed by atoms with Crippen molar-refractivity contribution in [3.63, 3.8) is 0 Å². The standard InChI is InChI=1S/C10H13FN2O2/c1-2-15-6-5-10(14)13-8-3-4-9(11)12-7-8/h3-4,7H,2,5-6H2,1H3,(H,13,14). The summed E-state index contributed by atoms with van der Waals surface area (Å²) in [6.45, 7) is 2.84. The molecule has 1 rings (SSSR count). The Labute approximate surface area is 87.5 Å². The smallest absolute Gasteiger partial charge is 0.226 e. The Kier molecular flexibility index (Phi) is 4.70. The molecule has 0 aliphatic heterocycles. The van der Waals surface area contributed by atoms with Crippen molar-refractivity contribution in [1.29, 1.82) is 0 Å². The molecule has 0 atom stereocenters. The van der Waals surface area contributed by atoms with Crippen LogP contribution in [0.2, 0.25) is 0 Å². The van der Waals surface area contributed by atoms with Crippen LogP contribution in [0.15, 0.2) is 18.3 Å². The van der Waals surface area contributed by atoms with Gasteiger partial charge < -0.3 is 10.1 Å². The number of hydrogen-bond donors (Lipinski definition) is 1. The van der Waals surface area contributed by atoms with Gasteiger partial charge in [-0.2, -0.15) is 4.39 Å². The third-order valence-electron chi connectivity index (χ3n) is 1.69. The van der Waals surface area contributed by atoms with Gasteiger partial charge in [0.05, 0.1) is 24.9 Å². The Morgan fingerprint density at radius 2 is 2.40 bits per heavy atom. The summed E-state index contributed by atoms with van der Waals surface area (Å²) >= 11 is 0. The highest BCUT2D eigenvalue weighted by atomic mass is 19.1. The maximum Gasteiger partial charge on any atom is 0.226 e. The number of carbonyl (C=O) groups excluding carboxylic acids is 1. The average Bonchev–Trinajstić information content (AvgIpc) is 2.22. The summed E-state index contributed by atoms with van der Waals surface area (Å²) in [5, 5.41) is 2.58. The highest BCUT2D eigenvalue weighted by molar-refractivity contribution is 5.90. The van der Waals surface area contributed by atoms with Crippen molar-refractivity contribution in [3.8, 4) is 0 Å². The summed E-state index contributed by atoms with van der Waals surface area (Å²) in [5.41, 5.74) is 0.484. The summed E-state index contributed by atoms with van der Waals surface area (Å²) in [7, 11) is 0. The lowest BCUT2D eigenvalue weighted by molar-refractivity contribution is -0.117. The number of nitrogens with one attached hydrogen (secondary N) is 1. The molecule has 0 aliphatic carbocycles. The van der Waals surface area contributed by atoms with Crippen molar-refractivity contribution in [2.45, 2.75) is 13.3 Å². The van der Waals surface area contributed by atoms with Gasteiger partial charge in [0.1, 0.15) is 0 Å². The van der Waals surface area contributed by atoms with E-state index < -0.39 is 5.95 Å². The van der Waals surface area contributed by atoms with Gasteiger partial charge in [0, 0.05) is 6.61 Å². The van der Waals surface area contributed by atoms with E-state index in [1.54, 1.807) is 0 Å². The number of aromatic nitrogens is 1. The number of anilines is 1. The molecular weight excluding hydrogens is 199 g/mol. The molecule has 1 aromatic heterocycles. The minimum absolute atomic E-state index is 0.170. The van der Waals surface area contributed by atoms with Crippen molar-refractivity contribution < 1.29 is 13.9 Å². The number of rotatable bonds is 5. The number of carbonyl (C=O) groups is 1. The number of amides is 1. The van der Waals surface area contributed by atoms with Crippen LogP contribution in [-0.2, 0) is 9.53 Å². The molecule has 1 amide bonds. The highest BCUT2D eigenvalue weighted by Gasteiger charge is 2.02. The molecule has 0 radical (unpaired) electrons. The minimum atomic E-state index is -0.567. The highest BCUT2D eigenvalue weighted by Crippen LogP contribution is 2.05. The third-order valence-corrected chi connectivity index (χ3v) is 1.69. The Balaban J connectivity index is 2.34. The second kappa shape index (κ2) is 6.08. The molecule has 1 heterocycles. The molecule has 0 bridgehead atoms. The monoisotopic (exact) mass is 212 g/mol. The first kappa shape index (κ1) is 11.6. The van der Waals surface area contributed by atoms with Gasteiger partial charge in [-0.15, -0.1) is 0 Å². The first-order chi connectivity index (χ1) is 7.22. The lowest BCUT2D eigenvalue weighted by Crippen LogP contribution is -2.14. The third kappa shape index (κ3) is 4.51. The van der Waals surface area contributed by atoms with Crippen LogP contribution in [0.25, 0.3) is 0 Å². The molecule has 0 aliphatic rings.